The Labute approximate surface area is 133 Å². The molecule has 0 saturated carbocycles. The van der Waals surface area contributed by atoms with Crippen molar-refractivity contribution in [1.29, 1.82) is 0 Å². The number of ether oxygens (including phenoxy) is 2. The van der Waals surface area contributed by atoms with Crippen LogP contribution in [0, 0.1) is 0 Å². The molecule has 4 heteroatoms. The van der Waals surface area contributed by atoms with Gasteiger partial charge in [0.15, 0.2) is 11.5 Å². The third-order valence-corrected chi connectivity index (χ3v) is 3.06. The molecule has 0 atom stereocenters. The Kier molecular flexibility index (Phi) is 7.23. The van der Waals surface area contributed by atoms with E-state index >= 15 is 0 Å². The lowest BCUT2D eigenvalue weighted by atomic mass is 10.2. The van der Waals surface area contributed by atoms with Crippen LogP contribution < -0.4 is 9.47 Å². The molecule has 22 heavy (non-hydrogen) atoms. The summed E-state index contributed by atoms with van der Waals surface area (Å²) in [4.78, 5) is 13.9. The topological polar surface area (TPSA) is 38.8 Å². The highest BCUT2D eigenvalue weighted by molar-refractivity contribution is 5.92. The van der Waals surface area contributed by atoms with Gasteiger partial charge in [-0.3, -0.25) is 4.79 Å². The van der Waals surface area contributed by atoms with Gasteiger partial charge < -0.3 is 14.4 Å². The van der Waals surface area contributed by atoms with Crippen molar-refractivity contribution in [3.8, 4) is 11.5 Å². The van der Waals surface area contributed by atoms with Gasteiger partial charge in [-0.05, 0) is 44.5 Å². The molecule has 120 valence electrons. The Balaban J connectivity index is 2.84. The van der Waals surface area contributed by atoms with Crippen molar-refractivity contribution in [3.05, 3.63) is 42.0 Å². The zero-order valence-corrected chi connectivity index (χ0v) is 13.9. The molecule has 0 N–H and O–H groups in total. The van der Waals surface area contributed by atoms with Crippen molar-refractivity contribution >= 4 is 12.0 Å². The minimum atomic E-state index is -0.0293. The summed E-state index contributed by atoms with van der Waals surface area (Å²) in [6.07, 6.45) is 3.35. The fourth-order valence-corrected chi connectivity index (χ4v) is 2.01. The van der Waals surface area contributed by atoms with Crippen molar-refractivity contribution in [1.82, 2.24) is 4.90 Å². The second-order valence-corrected chi connectivity index (χ2v) is 4.99. The first kappa shape index (κ1) is 17.8. The number of benzene rings is 1. The molecule has 0 heterocycles. The molecule has 0 aromatic heterocycles. The number of carbonyl (C=O) groups is 1. The lowest BCUT2D eigenvalue weighted by Gasteiger charge is -2.18. The Morgan fingerprint density at radius 3 is 2.59 bits per heavy atom. The SMILES string of the molecule is C=C(C)CN(CC)C(=O)/C=C/c1ccc(OCC)c(OC)c1. The highest BCUT2D eigenvalue weighted by Gasteiger charge is 2.08. The summed E-state index contributed by atoms with van der Waals surface area (Å²) in [6, 6.07) is 5.59. The van der Waals surface area contributed by atoms with Crippen LogP contribution in [-0.4, -0.2) is 37.6 Å². The standard InChI is InChI=1S/C18H25NO3/c1-6-19(13-14(3)4)18(20)11-9-15-8-10-16(22-7-2)17(12-15)21-5/h8-12H,3,6-7,13H2,1-2,4-5H3/b11-9+. The zero-order chi connectivity index (χ0) is 16.5. The molecule has 0 aliphatic carbocycles. The maximum atomic E-state index is 12.1. The fraction of sp³-hybridized carbons (Fsp3) is 0.389. The van der Waals surface area contributed by atoms with Crippen molar-refractivity contribution in [3.63, 3.8) is 0 Å². The minimum Gasteiger partial charge on any atom is -0.493 e. The van der Waals surface area contributed by atoms with E-state index in [-0.39, 0.29) is 5.91 Å². The normalized spacial score (nSPS) is 10.5. The van der Waals surface area contributed by atoms with E-state index in [1.54, 1.807) is 24.2 Å². The van der Waals surface area contributed by atoms with Crippen LogP contribution in [0.15, 0.2) is 36.4 Å². The quantitative estimate of drug-likeness (QED) is 0.545. The fourth-order valence-electron chi connectivity index (χ4n) is 2.01. The van der Waals surface area contributed by atoms with Gasteiger partial charge in [-0.1, -0.05) is 18.2 Å². The molecule has 1 aromatic rings. The van der Waals surface area contributed by atoms with Gasteiger partial charge in [-0.2, -0.15) is 0 Å². The molecular formula is C18H25NO3. The second-order valence-electron chi connectivity index (χ2n) is 4.99. The Bertz CT molecular complexity index is 549. The summed E-state index contributed by atoms with van der Waals surface area (Å²) in [6.45, 7) is 11.4. The molecule has 1 amide bonds. The molecule has 0 aliphatic rings. The van der Waals surface area contributed by atoms with Crippen LogP contribution in [0.1, 0.15) is 26.3 Å². The third kappa shape index (κ3) is 5.28. The van der Waals surface area contributed by atoms with E-state index in [2.05, 4.69) is 6.58 Å². The highest BCUT2D eigenvalue weighted by atomic mass is 16.5. The number of hydrogen-bond donors (Lipinski definition) is 0. The smallest absolute Gasteiger partial charge is 0.246 e. The van der Waals surface area contributed by atoms with E-state index in [0.29, 0.717) is 31.2 Å². The van der Waals surface area contributed by atoms with Gasteiger partial charge in [0.25, 0.3) is 0 Å². The lowest BCUT2D eigenvalue weighted by molar-refractivity contribution is -0.125. The number of carbonyl (C=O) groups excluding carboxylic acids is 1. The number of methoxy groups -OCH3 is 1. The van der Waals surface area contributed by atoms with Crippen molar-refractivity contribution < 1.29 is 14.3 Å². The number of nitrogens with zero attached hydrogens (tertiary/aromatic N) is 1. The average molecular weight is 303 g/mol. The zero-order valence-electron chi connectivity index (χ0n) is 13.9. The summed E-state index contributed by atoms with van der Waals surface area (Å²) in [5.74, 6) is 1.33. The first-order chi connectivity index (χ1) is 10.5. The van der Waals surface area contributed by atoms with E-state index in [1.807, 2.05) is 39.0 Å². The molecule has 0 aliphatic heterocycles. The predicted octanol–water partition coefficient (Wildman–Crippen LogP) is 3.53. The van der Waals surface area contributed by atoms with Gasteiger partial charge in [-0.25, -0.2) is 0 Å². The van der Waals surface area contributed by atoms with Gasteiger partial charge in [0.05, 0.1) is 13.7 Å². The first-order valence-corrected chi connectivity index (χ1v) is 7.44. The van der Waals surface area contributed by atoms with Crippen molar-refractivity contribution in [2.45, 2.75) is 20.8 Å². The van der Waals surface area contributed by atoms with Crippen LogP contribution in [-0.2, 0) is 4.79 Å². The maximum absolute atomic E-state index is 12.1. The van der Waals surface area contributed by atoms with Crippen LogP contribution >= 0.6 is 0 Å². The Hall–Kier alpha value is -2.23. The van der Waals surface area contributed by atoms with Crippen LogP contribution in [0.3, 0.4) is 0 Å². The molecule has 0 saturated heterocycles. The molecule has 0 bridgehead atoms. The maximum Gasteiger partial charge on any atom is 0.246 e. The summed E-state index contributed by atoms with van der Waals surface area (Å²) in [5.41, 5.74) is 1.85. The number of rotatable bonds is 8. The predicted molar refractivity (Wildman–Crippen MR) is 90.3 cm³/mol. The van der Waals surface area contributed by atoms with E-state index in [0.717, 1.165) is 11.1 Å². The third-order valence-electron chi connectivity index (χ3n) is 3.06. The molecular weight excluding hydrogens is 278 g/mol. The van der Waals surface area contributed by atoms with Gasteiger partial charge >= 0.3 is 0 Å². The van der Waals surface area contributed by atoms with Crippen molar-refractivity contribution in [2.24, 2.45) is 0 Å². The first-order valence-electron chi connectivity index (χ1n) is 7.44. The van der Waals surface area contributed by atoms with Gasteiger partial charge in [-0.15, -0.1) is 0 Å². The monoisotopic (exact) mass is 303 g/mol. The molecule has 0 unspecified atom stereocenters. The van der Waals surface area contributed by atoms with E-state index in [4.69, 9.17) is 9.47 Å². The largest absolute Gasteiger partial charge is 0.493 e. The van der Waals surface area contributed by atoms with E-state index < -0.39 is 0 Å². The molecule has 1 aromatic carbocycles. The molecule has 0 fully saturated rings. The van der Waals surface area contributed by atoms with Crippen LogP contribution in [0.4, 0.5) is 0 Å². The Morgan fingerprint density at radius 1 is 1.32 bits per heavy atom. The van der Waals surface area contributed by atoms with Gasteiger partial charge in [0.2, 0.25) is 5.91 Å². The van der Waals surface area contributed by atoms with Crippen molar-refractivity contribution in [2.75, 3.05) is 26.8 Å². The van der Waals surface area contributed by atoms with Gasteiger partial charge in [0.1, 0.15) is 0 Å². The lowest BCUT2D eigenvalue weighted by Crippen LogP contribution is -2.30. The second kappa shape index (κ2) is 8.93. The highest BCUT2D eigenvalue weighted by Crippen LogP contribution is 2.28. The summed E-state index contributed by atoms with van der Waals surface area (Å²) < 4.78 is 10.8. The molecule has 0 spiro atoms. The molecule has 4 nitrogen and oxygen atoms in total. The Morgan fingerprint density at radius 2 is 2.05 bits per heavy atom. The van der Waals surface area contributed by atoms with Gasteiger partial charge in [0, 0.05) is 19.2 Å². The van der Waals surface area contributed by atoms with E-state index in [1.165, 1.54) is 0 Å². The average Bonchev–Trinajstić information content (AvgIpc) is 2.51. The number of hydrogen-bond acceptors (Lipinski definition) is 3. The van der Waals surface area contributed by atoms with Crippen LogP contribution in [0.5, 0.6) is 11.5 Å². The number of likely N-dealkylation sites (N-methyl/N-ethyl adjacent to an activating group) is 1. The molecule has 0 radical (unpaired) electrons. The summed E-state index contributed by atoms with van der Waals surface area (Å²) in [5, 5.41) is 0. The van der Waals surface area contributed by atoms with Crippen LogP contribution in [0.2, 0.25) is 0 Å². The molecule has 1 rings (SSSR count). The summed E-state index contributed by atoms with van der Waals surface area (Å²) >= 11 is 0. The summed E-state index contributed by atoms with van der Waals surface area (Å²) in [7, 11) is 1.60. The minimum absolute atomic E-state index is 0.0293. The number of amides is 1. The van der Waals surface area contributed by atoms with Crippen LogP contribution in [0.25, 0.3) is 6.08 Å². The van der Waals surface area contributed by atoms with E-state index in [9.17, 15) is 4.79 Å².